The summed E-state index contributed by atoms with van der Waals surface area (Å²) in [6.07, 6.45) is 1.44. The van der Waals surface area contributed by atoms with Crippen molar-refractivity contribution < 1.29 is 13.9 Å². The van der Waals surface area contributed by atoms with Gasteiger partial charge in [-0.2, -0.15) is 5.10 Å². The summed E-state index contributed by atoms with van der Waals surface area (Å²) in [7, 11) is 0. The minimum absolute atomic E-state index is 0.121. The van der Waals surface area contributed by atoms with Gasteiger partial charge in [0, 0.05) is 0 Å². The van der Waals surface area contributed by atoms with Gasteiger partial charge in [0.25, 0.3) is 5.91 Å². The molecule has 0 unspecified atom stereocenters. The van der Waals surface area contributed by atoms with Crippen molar-refractivity contribution in [3.05, 3.63) is 65.0 Å². The third-order valence-electron chi connectivity index (χ3n) is 2.84. The van der Waals surface area contributed by atoms with Crippen LogP contribution in [0.4, 0.5) is 4.39 Å². The predicted octanol–water partition coefficient (Wildman–Crippen LogP) is 2.97. The summed E-state index contributed by atoms with van der Waals surface area (Å²) in [5.41, 5.74) is 5.20. The van der Waals surface area contributed by atoms with E-state index in [1.807, 2.05) is 32.0 Å². The van der Waals surface area contributed by atoms with Gasteiger partial charge in [-0.3, -0.25) is 4.79 Å². The Morgan fingerprint density at radius 2 is 1.82 bits per heavy atom. The smallest absolute Gasteiger partial charge is 0.277 e. The van der Waals surface area contributed by atoms with Crippen LogP contribution in [0.2, 0.25) is 0 Å². The molecular formula is C17H17FN2O2. The predicted molar refractivity (Wildman–Crippen MR) is 83.5 cm³/mol. The molecule has 2 aromatic carbocycles. The molecule has 0 saturated heterocycles. The van der Waals surface area contributed by atoms with E-state index in [0.29, 0.717) is 11.3 Å². The highest BCUT2D eigenvalue weighted by atomic mass is 19.1. The van der Waals surface area contributed by atoms with Crippen molar-refractivity contribution in [3.8, 4) is 5.75 Å². The van der Waals surface area contributed by atoms with E-state index in [0.717, 1.165) is 11.1 Å². The van der Waals surface area contributed by atoms with Crippen LogP contribution in [-0.4, -0.2) is 18.7 Å². The quantitative estimate of drug-likeness (QED) is 0.682. The average molecular weight is 300 g/mol. The summed E-state index contributed by atoms with van der Waals surface area (Å²) < 4.78 is 18.1. The summed E-state index contributed by atoms with van der Waals surface area (Å²) in [4.78, 5) is 11.6. The standard InChI is InChI=1S/C17H17FN2O2/c1-12-7-13(2)9-16(8-12)22-11-17(21)20-19-10-14-3-5-15(18)6-4-14/h3-10H,11H2,1-2H3,(H,20,21)/b19-10+. The van der Waals surface area contributed by atoms with Crippen molar-refractivity contribution in [2.24, 2.45) is 5.10 Å². The van der Waals surface area contributed by atoms with Crippen LogP contribution < -0.4 is 10.2 Å². The fourth-order valence-electron chi connectivity index (χ4n) is 1.93. The highest BCUT2D eigenvalue weighted by Crippen LogP contribution is 2.15. The average Bonchev–Trinajstić information content (AvgIpc) is 2.46. The Balaban J connectivity index is 1.81. The Hall–Kier alpha value is -2.69. The van der Waals surface area contributed by atoms with Crippen LogP contribution in [0.1, 0.15) is 16.7 Å². The molecule has 0 aromatic heterocycles. The van der Waals surface area contributed by atoms with Gasteiger partial charge in [0.1, 0.15) is 11.6 Å². The first-order chi connectivity index (χ1) is 10.5. The normalized spacial score (nSPS) is 10.7. The maximum absolute atomic E-state index is 12.7. The van der Waals surface area contributed by atoms with Gasteiger partial charge in [0.2, 0.25) is 0 Å². The molecule has 0 aliphatic heterocycles. The highest BCUT2D eigenvalue weighted by Gasteiger charge is 2.02. The van der Waals surface area contributed by atoms with Crippen LogP contribution in [-0.2, 0) is 4.79 Å². The topological polar surface area (TPSA) is 50.7 Å². The maximum atomic E-state index is 12.7. The number of benzene rings is 2. The van der Waals surface area contributed by atoms with Gasteiger partial charge < -0.3 is 4.74 Å². The van der Waals surface area contributed by atoms with E-state index in [1.54, 1.807) is 12.1 Å². The number of nitrogens with zero attached hydrogens (tertiary/aromatic N) is 1. The van der Waals surface area contributed by atoms with E-state index >= 15 is 0 Å². The number of amides is 1. The number of hydrogen-bond acceptors (Lipinski definition) is 3. The van der Waals surface area contributed by atoms with Crippen molar-refractivity contribution in [3.63, 3.8) is 0 Å². The van der Waals surface area contributed by atoms with E-state index in [4.69, 9.17) is 4.74 Å². The second-order valence-corrected chi connectivity index (χ2v) is 4.96. The van der Waals surface area contributed by atoms with Gasteiger partial charge >= 0.3 is 0 Å². The molecule has 0 heterocycles. The second kappa shape index (κ2) is 7.36. The first-order valence-corrected chi connectivity index (χ1v) is 6.81. The van der Waals surface area contributed by atoms with E-state index in [9.17, 15) is 9.18 Å². The zero-order chi connectivity index (χ0) is 15.9. The van der Waals surface area contributed by atoms with Crippen LogP contribution >= 0.6 is 0 Å². The minimum Gasteiger partial charge on any atom is -0.484 e. The van der Waals surface area contributed by atoms with Gasteiger partial charge in [-0.25, -0.2) is 9.82 Å². The van der Waals surface area contributed by atoms with E-state index in [-0.39, 0.29) is 18.3 Å². The van der Waals surface area contributed by atoms with Gasteiger partial charge in [-0.1, -0.05) is 18.2 Å². The summed E-state index contributed by atoms with van der Waals surface area (Å²) in [6, 6.07) is 11.5. The summed E-state index contributed by atoms with van der Waals surface area (Å²) in [6.45, 7) is 3.81. The number of hydrogen-bond donors (Lipinski definition) is 1. The zero-order valence-electron chi connectivity index (χ0n) is 12.5. The molecular weight excluding hydrogens is 283 g/mol. The molecule has 0 atom stereocenters. The molecule has 0 fully saturated rings. The van der Waals surface area contributed by atoms with E-state index < -0.39 is 0 Å². The number of aryl methyl sites for hydroxylation is 2. The molecule has 2 aromatic rings. The van der Waals surface area contributed by atoms with Crippen LogP contribution in [0.25, 0.3) is 0 Å². The Labute approximate surface area is 128 Å². The van der Waals surface area contributed by atoms with E-state index in [2.05, 4.69) is 10.5 Å². The number of carbonyl (C=O) groups excluding carboxylic acids is 1. The van der Waals surface area contributed by atoms with Crippen LogP contribution in [0.3, 0.4) is 0 Å². The highest BCUT2D eigenvalue weighted by molar-refractivity contribution is 5.82. The van der Waals surface area contributed by atoms with Crippen molar-refractivity contribution in [1.29, 1.82) is 0 Å². The Morgan fingerprint density at radius 3 is 2.45 bits per heavy atom. The lowest BCUT2D eigenvalue weighted by atomic mass is 10.1. The fourth-order valence-corrected chi connectivity index (χ4v) is 1.93. The second-order valence-electron chi connectivity index (χ2n) is 4.96. The SMILES string of the molecule is Cc1cc(C)cc(OCC(=O)N/N=C/c2ccc(F)cc2)c1. The summed E-state index contributed by atoms with van der Waals surface area (Å²) >= 11 is 0. The number of nitrogens with one attached hydrogen (secondary N) is 1. The molecule has 114 valence electrons. The zero-order valence-corrected chi connectivity index (χ0v) is 12.5. The Morgan fingerprint density at radius 1 is 1.18 bits per heavy atom. The maximum Gasteiger partial charge on any atom is 0.277 e. The molecule has 0 bridgehead atoms. The number of ether oxygens (including phenoxy) is 1. The van der Waals surface area contributed by atoms with E-state index in [1.165, 1.54) is 18.3 Å². The Bertz CT molecular complexity index is 661. The van der Waals surface area contributed by atoms with Gasteiger partial charge in [-0.15, -0.1) is 0 Å². The molecule has 0 spiro atoms. The van der Waals surface area contributed by atoms with Gasteiger partial charge in [0.05, 0.1) is 6.21 Å². The molecule has 0 aliphatic rings. The monoisotopic (exact) mass is 300 g/mol. The summed E-state index contributed by atoms with van der Waals surface area (Å²) in [5, 5.41) is 3.79. The lowest BCUT2D eigenvalue weighted by molar-refractivity contribution is -0.123. The molecule has 0 saturated carbocycles. The molecule has 5 heteroatoms. The van der Waals surface area contributed by atoms with Crippen LogP contribution in [0.15, 0.2) is 47.6 Å². The van der Waals surface area contributed by atoms with Crippen molar-refractivity contribution in [2.45, 2.75) is 13.8 Å². The van der Waals surface area contributed by atoms with Gasteiger partial charge in [-0.05, 0) is 54.8 Å². The molecule has 0 radical (unpaired) electrons. The Kier molecular flexibility index (Phi) is 5.25. The van der Waals surface area contributed by atoms with Gasteiger partial charge in [0.15, 0.2) is 6.61 Å². The molecule has 0 aliphatic carbocycles. The van der Waals surface area contributed by atoms with Crippen LogP contribution in [0, 0.1) is 19.7 Å². The van der Waals surface area contributed by atoms with Crippen molar-refractivity contribution in [1.82, 2.24) is 5.43 Å². The fraction of sp³-hybridized carbons (Fsp3) is 0.176. The van der Waals surface area contributed by atoms with Crippen molar-refractivity contribution in [2.75, 3.05) is 6.61 Å². The third-order valence-corrected chi connectivity index (χ3v) is 2.84. The molecule has 1 N–H and O–H groups in total. The third kappa shape index (κ3) is 5.01. The number of hydrazone groups is 1. The largest absolute Gasteiger partial charge is 0.484 e. The lowest BCUT2D eigenvalue weighted by Crippen LogP contribution is -2.24. The summed E-state index contributed by atoms with van der Waals surface area (Å²) in [5.74, 6) is -0.0317. The first kappa shape index (κ1) is 15.7. The molecule has 4 nitrogen and oxygen atoms in total. The number of rotatable bonds is 5. The molecule has 2 rings (SSSR count). The van der Waals surface area contributed by atoms with Crippen molar-refractivity contribution >= 4 is 12.1 Å². The lowest BCUT2D eigenvalue weighted by Gasteiger charge is -2.07. The van der Waals surface area contributed by atoms with Crippen LogP contribution in [0.5, 0.6) is 5.75 Å². The first-order valence-electron chi connectivity index (χ1n) is 6.81. The number of halogens is 1. The number of carbonyl (C=O) groups is 1. The minimum atomic E-state index is -0.363. The molecule has 1 amide bonds. The molecule has 22 heavy (non-hydrogen) atoms.